The van der Waals surface area contributed by atoms with E-state index in [9.17, 15) is 24.6 Å². The van der Waals surface area contributed by atoms with Crippen LogP contribution in [0.4, 0.5) is 0 Å². The molecule has 1 aromatic carbocycles. The highest BCUT2D eigenvalue weighted by Gasteiger charge is 2.30. The normalized spacial score (nSPS) is 17.1. The highest BCUT2D eigenvalue weighted by Crippen LogP contribution is 2.23. The third-order valence-corrected chi connectivity index (χ3v) is 4.18. The summed E-state index contributed by atoms with van der Waals surface area (Å²) in [5.41, 5.74) is 1.78. The zero-order chi connectivity index (χ0) is 15.4. The van der Waals surface area contributed by atoms with Crippen molar-refractivity contribution >= 4 is 29.6 Å². The van der Waals surface area contributed by atoms with Gasteiger partial charge in [-0.3, -0.25) is 4.79 Å². The van der Waals surface area contributed by atoms with E-state index in [1.54, 1.807) is 0 Å². The summed E-state index contributed by atoms with van der Waals surface area (Å²) in [5.74, 6) is -3.37. The van der Waals surface area contributed by atoms with Crippen LogP contribution in [0, 0.1) is 0 Å². The molecule has 0 radical (unpaired) electrons. The average molecular weight is 307 g/mol. The molecule has 0 spiro atoms. The molecule has 1 atom stereocenters. The summed E-state index contributed by atoms with van der Waals surface area (Å²) >= 11 is 0.892. The molecule has 0 N–H and O–H groups in total. The number of benzene rings is 1. The molecule has 0 aromatic heterocycles. The minimum absolute atomic E-state index is 0.0973. The number of carboxylic acid groups (broad SMARTS) is 2. The third kappa shape index (κ3) is 3.75. The maximum atomic E-state index is 12.1. The van der Waals surface area contributed by atoms with Gasteiger partial charge in [0.2, 0.25) is 5.91 Å². The van der Waals surface area contributed by atoms with E-state index in [-0.39, 0.29) is 24.5 Å². The standard InChI is InChI=1S/C14H15NO5S/c16-12(7-21-8-13(17)18)15-6-10-4-2-1-3-9(10)5-11(15)14(19)20/h1-4,11H,5-8H2,(H,17,18)(H,19,20)/p-2/t11-/m0/s1. The van der Waals surface area contributed by atoms with Crippen molar-refractivity contribution in [2.75, 3.05) is 11.5 Å². The van der Waals surface area contributed by atoms with Crippen LogP contribution >= 0.6 is 11.8 Å². The molecule has 0 saturated heterocycles. The Labute approximate surface area is 125 Å². The molecule has 0 unspecified atom stereocenters. The number of nitrogens with zero attached hydrogens (tertiary/aromatic N) is 1. The van der Waals surface area contributed by atoms with Crippen molar-refractivity contribution in [3.8, 4) is 0 Å². The fourth-order valence-electron chi connectivity index (χ4n) is 2.30. The summed E-state index contributed by atoms with van der Waals surface area (Å²) in [7, 11) is 0. The number of fused-ring (bicyclic) bond motifs is 1. The van der Waals surface area contributed by atoms with E-state index in [0.29, 0.717) is 0 Å². The van der Waals surface area contributed by atoms with Gasteiger partial charge in [0.15, 0.2) is 0 Å². The van der Waals surface area contributed by atoms with Crippen molar-refractivity contribution in [1.82, 2.24) is 4.90 Å². The van der Waals surface area contributed by atoms with E-state index >= 15 is 0 Å². The van der Waals surface area contributed by atoms with E-state index < -0.39 is 23.9 Å². The van der Waals surface area contributed by atoms with E-state index in [2.05, 4.69) is 0 Å². The quantitative estimate of drug-likeness (QED) is 0.634. The van der Waals surface area contributed by atoms with Gasteiger partial charge in [0.1, 0.15) is 0 Å². The molecular formula is C14H13NO5S-2. The monoisotopic (exact) mass is 307 g/mol. The van der Waals surface area contributed by atoms with Crippen molar-refractivity contribution < 1.29 is 24.6 Å². The number of rotatable bonds is 5. The zero-order valence-corrected chi connectivity index (χ0v) is 11.9. The Morgan fingerprint density at radius 2 is 1.81 bits per heavy atom. The summed E-state index contributed by atoms with van der Waals surface area (Å²) in [4.78, 5) is 34.9. The topological polar surface area (TPSA) is 101 Å². The Morgan fingerprint density at radius 1 is 1.14 bits per heavy atom. The first-order valence-electron chi connectivity index (χ1n) is 6.33. The summed E-state index contributed by atoms with van der Waals surface area (Å²) < 4.78 is 0. The minimum atomic E-state index is -1.30. The Morgan fingerprint density at radius 3 is 2.43 bits per heavy atom. The van der Waals surface area contributed by atoms with Gasteiger partial charge in [0.25, 0.3) is 0 Å². The van der Waals surface area contributed by atoms with Gasteiger partial charge < -0.3 is 24.7 Å². The number of aliphatic carboxylic acids is 2. The lowest BCUT2D eigenvalue weighted by Crippen LogP contribution is -2.54. The van der Waals surface area contributed by atoms with Crippen molar-refractivity contribution in [3.05, 3.63) is 35.4 Å². The number of carbonyl (C=O) groups excluding carboxylic acids is 3. The molecule has 6 nitrogen and oxygen atoms in total. The Balaban J connectivity index is 2.11. The maximum absolute atomic E-state index is 12.1. The predicted molar refractivity (Wildman–Crippen MR) is 71.8 cm³/mol. The number of carboxylic acids is 2. The molecule has 0 saturated carbocycles. The number of carbonyl (C=O) groups is 3. The van der Waals surface area contributed by atoms with Crippen LogP contribution in [0.25, 0.3) is 0 Å². The van der Waals surface area contributed by atoms with Crippen LogP contribution in [0.15, 0.2) is 24.3 Å². The van der Waals surface area contributed by atoms with Crippen molar-refractivity contribution in [2.45, 2.75) is 19.0 Å². The molecule has 112 valence electrons. The van der Waals surface area contributed by atoms with Crippen LogP contribution < -0.4 is 10.2 Å². The van der Waals surface area contributed by atoms with Gasteiger partial charge in [-0.15, -0.1) is 11.8 Å². The van der Waals surface area contributed by atoms with Crippen LogP contribution in [0.1, 0.15) is 11.1 Å². The van der Waals surface area contributed by atoms with Crippen LogP contribution in [0.2, 0.25) is 0 Å². The lowest BCUT2D eigenvalue weighted by molar-refractivity contribution is -0.311. The van der Waals surface area contributed by atoms with Crippen molar-refractivity contribution in [3.63, 3.8) is 0 Å². The molecule has 1 aromatic rings. The van der Waals surface area contributed by atoms with Gasteiger partial charge in [0.05, 0.1) is 23.7 Å². The highest BCUT2D eigenvalue weighted by atomic mass is 32.2. The molecule has 1 amide bonds. The molecule has 1 heterocycles. The Hall–Kier alpha value is -2.02. The fraction of sp³-hybridized carbons (Fsp3) is 0.357. The molecule has 0 aliphatic carbocycles. The molecule has 2 rings (SSSR count). The molecule has 21 heavy (non-hydrogen) atoms. The second kappa shape index (κ2) is 6.62. The van der Waals surface area contributed by atoms with Crippen molar-refractivity contribution in [1.29, 1.82) is 0 Å². The third-order valence-electron chi connectivity index (χ3n) is 3.29. The average Bonchev–Trinajstić information content (AvgIpc) is 2.45. The zero-order valence-electron chi connectivity index (χ0n) is 11.1. The van der Waals surface area contributed by atoms with E-state index in [4.69, 9.17) is 0 Å². The molecule has 7 heteroatoms. The number of hydrogen-bond acceptors (Lipinski definition) is 6. The number of amides is 1. The van der Waals surface area contributed by atoms with E-state index in [1.807, 2.05) is 24.3 Å². The van der Waals surface area contributed by atoms with Gasteiger partial charge in [-0.25, -0.2) is 0 Å². The van der Waals surface area contributed by atoms with Crippen LogP contribution in [-0.2, 0) is 27.3 Å². The van der Waals surface area contributed by atoms with Crippen molar-refractivity contribution in [2.24, 2.45) is 0 Å². The second-order valence-corrected chi connectivity index (χ2v) is 5.68. The first kappa shape index (κ1) is 15.4. The number of hydrogen-bond donors (Lipinski definition) is 0. The largest absolute Gasteiger partial charge is 0.549 e. The highest BCUT2D eigenvalue weighted by molar-refractivity contribution is 8.00. The SMILES string of the molecule is O=C([O-])CSCC(=O)N1Cc2ccccc2C[C@H]1C(=O)[O-]. The first-order valence-corrected chi connectivity index (χ1v) is 7.49. The van der Waals surface area contributed by atoms with Gasteiger partial charge in [-0.2, -0.15) is 0 Å². The van der Waals surface area contributed by atoms with E-state index in [1.165, 1.54) is 4.90 Å². The minimum Gasteiger partial charge on any atom is -0.549 e. The maximum Gasteiger partial charge on any atom is 0.233 e. The van der Waals surface area contributed by atoms with Crippen LogP contribution in [0.5, 0.6) is 0 Å². The predicted octanol–water partition coefficient (Wildman–Crippen LogP) is -1.83. The van der Waals surface area contributed by atoms with Crippen LogP contribution in [0.3, 0.4) is 0 Å². The molecular weight excluding hydrogens is 294 g/mol. The smallest absolute Gasteiger partial charge is 0.233 e. The van der Waals surface area contributed by atoms with E-state index in [0.717, 1.165) is 22.9 Å². The fourth-order valence-corrected chi connectivity index (χ4v) is 2.91. The van der Waals surface area contributed by atoms with Gasteiger partial charge >= 0.3 is 0 Å². The van der Waals surface area contributed by atoms with Gasteiger partial charge in [0, 0.05) is 12.3 Å². The first-order chi connectivity index (χ1) is 9.99. The Bertz CT molecular complexity index is 574. The summed E-state index contributed by atoms with van der Waals surface area (Å²) in [6.07, 6.45) is 0.204. The number of thioether (sulfide) groups is 1. The second-order valence-electron chi connectivity index (χ2n) is 4.69. The van der Waals surface area contributed by atoms with Crippen LogP contribution in [-0.4, -0.2) is 40.3 Å². The molecule has 1 aliphatic heterocycles. The van der Waals surface area contributed by atoms with Gasteiger partial charge in [-0.1, -0.05) is 24.3 Å². The molecule has 0 bridgehead atoms. The molecule has 1 aliphatic rings. The summed E-state index contributed by atoms with van der Waals surface area (Å²) in [6.45, 7) is 0.194. The summed E-state index contributed by atoms with van der Waals surface area (Å²) in [6, 6.07) is 6.30. The van der Waals surface area contributed by atoms with Gasteiger partial charge in [-0.05, 0) is 17.5 Å². The molecule has 0 fully saturated rings. The lowest BCUT2D eigenvalue weighted by atomic mass is 9.94. The lowest BCUT2D eigenvalue weighted by Gasteiger charge is -2.37. The summed E-state index contributed by atoms with van der Waals surface area (Å²) in [5, 5.41) is 21.6. The Kier molecular flexibility index (Phi) is 4.85.